The van der Waals surface area contributed by atoms with Gasteiger partial charge in [-0.1, -0.05) is 43.8 Å². The fourth-order valence-electron chi connectivity index (χ4n) is 2.30. The maximum absolute atomic E-state index is 12.4. The van der Waals surface area contributed by atoms with E-state index in [1.165, 1.54) is 22.9 Å². The highest BCUT2D eigenvalue weighted by molar-refractivity contribution is 8.14. The molecule has 1 heterocycles. The molecule has 0 saturated carbocycles. The van der Waals surface area contributed by atoms with Crippen molar-refractivity contribution in [1.82, 2.24) is 5.32 Å². The second-order valence-electron chi connectivity index (χ2n) is 5.02. The topological polar surface area (TPSA) is 53.5 Å². The second kappa shape index (κ2) is 7.50. The first-order chi connectivity index (χ1) is 10.2. The van der Waals surface area contributed by atoms with Crippen LogP contribution in [0.2, 0.25) is 0 Å². The summed E-state index contributed by atoms with van der Waals surface area (Å²) in [7, 11) is 0. The number of amidine groups is 1. The predicted molar refractivity (Wildman–Crippen MR) is 91.2 cm³/mol. The Morgan fingerprint density at radius 1 is 1.38 bits per heavy atom. The standard InChI is InChI=1S/C16H23N3OS/c1-4-12-7-6-8-13(5-2)14(12)19-15(20)11(3)21-16-17-9-10-18-16/h6-8,11H,4-5,9-10H2,1-3H3,(H,17,18)(H,19,20)/t11-/m1/s1. The smallest absolute Gasteiger partial charge is 0.237 e. The molecule has 0 aliphatic carbocycles. The molecule has 0 fully saturated rings. The van der Waals surface area contributed by atoms with Crippen LogP contribution < -0.4 is 10.6 Å². The summed E-state index contributed by atoms with van der Waals surface area (Å²) >= 11 is 1.49. The number of benzene rings is 1. The summed E-state index contributed by atoms with van der Waals surface area (Å²) in [6.07, 6.45) is 1.83. The summed E-state index contributed by atoms with van der Waals surface area (Å²) in [5.41, 5.74) is 3.37. The molecular weight excluding hydrogens is 282 g/mol. The van der Waals surface area contributed by atoms with E-state index in [-0.39, 0.29) is 11.2 Å². The normalized spacial score (nSPS) is 15.3. The number of carbonyl (C=O) groups is 1. The Bertz CT molecular complexity index is 520. The Hall–Kier alpha value is -1.49. The first kappa shape index (κ1) is 15.9. The van der Waals surface area contributed by atoms with Gasteiger partial charge in [-0.15, -0.1) is 0 Å². The number of amides is 1. The quantitative estimate of drug-likeness (QED) is 0.879. The van der Waals surface area contributed by atoms with Crippen LogP contribution in [0.4, 0.5) is 5.69 Å². The van der Waals surface area contributed by atoms with E-state index >= 15 is 0 Å². The van der Waals surface area contributed by atoms with Gasteiger partial charge in [0, 0.05) is 12.2 Å². The van der Waals surface area contributed by atoms with Crippen molar-refractivity contribution in [2.75, 3.05) is 18.4 Å². The van der Waals surface area contributed by atoms with E-state index in [0.29, 0.717) is 0 Å². The summed E-state index contributed by atoms with van der Waals surface area (Å²) in [5, 5.41) is 7.01. The fraction of sp³-hybridized carbons (Fsp3) is 0.500. The third-order valence-corrected chi connectivity index (χ3v) is 4.61. The molecule has 1 aliphatic rings. The number of hydrogen-bond acceptors (Lipinski definition) is 4. The summed E-state index contributed by atoms with van der Waals surface area (Å²) in [4.78, 5) is 16.7. The van der Waals surface area contributed by atoms with Gasteiger partial charge in [-0.2, -0.15) is 0 Å². The Morgan fingerprint density at radius 2 is 2.05 bits per heavy atom. The van der Waals surface area contributed by atoms with Gasteiger partial charge in [-0.25, -0.2) is 0 Å². The first-order valence-electron chi connectivity index (χ1n) is 7.52. The van der Waals surface area contributed by atoms with Crippen molar-refractivity contribution in [3.8, 4) is 0 Å². The number of carbonyl (C=O) groups excluding carboxylic acids is 1. The van der Waals surface area contributed by atoms with Crippen LogP contribution in [0.5, 0.6) is 0 Å². The van der Waals surface area contributed by atoms with Gasteiger partial charge < -0.3 is 10.6 Å². The molecule has 1 aromatic carbocycles. The molecule has 0 bridgehead atoms. The molecule has 4 nitrogen and oxygen atoms in total. The number of nitrogens with one attached hydrogen (secondary N) is 2. The lowest BCUT2D eigenvalue weighted by molar-refractivity contribution is -0.115. The lowest BCUT2D eigenvalue weighted by Gasteiger charge is -2.17. The molecule has 1 amide bonds. The Balaban J connectivity index is 2.07. The van der Waals surface area contributed by atoms with E-state index in [1.54, 1.807) is 0 Å². The zero-order chi connectivity index (χ0) is 15.2. The minimum atomic E-state index is -0.163. The highest BCUT2D eigenvalue weighted by atomic mass is 32.2. The number of thioether (sulfide) groups is 1. The molecule has 5 heteroatoms. The fourth-order valence-corrected chi connectivity index (χ4v) is 3.16. The van der Waals surface area contributed by atoms with E-state index in [9.17, 15) is 4.79 Å². The Morgan fingerprint density at radius 3 is 2.57 bits per heavy atom. The van der Waals surface area contributed by atoms with Crippen molar-refractivity contribution in [2.24, 2.45) is 4.99 Å². The lowest BCUT2D eigenvalue weighted by atomic mass is 10.0. The van der Waals surface area contributed by atoms with Crippen LogP contribution in [-0.4, -0.2) is 29.4 Å². The maximum atomic E-state index is 12.4. The van der Waals surface area contributed by atoms with E-state index < -0.39 is 0 Å². The van der Waals surface area contributed by atoms with Crippen molar-refractivity contribution in [3.05, 3.63) is 29.3 Å². The molecule has 1 atom stereocenters. The third-order valence-electron chi connectivity index (χ3n) is 3.55. The predicted octanol–water partition coefficient (Wildman–Crippen LogP) is 2.83. The molecule has 114 valence electrons. The second-order valence-corrected chi connectivity index (χ2v) is 6.35. The SMILES string of the molecule is CCc1cccc(CC)c1NC(=O)[C@@H](C)SC1=NCCN1. The van der Waals surface area contributed by atoms with Crippen LogP contribution in [-0.2, 0) is 17.6 Å². The molecule has 2 rings (SSSR count). The Labute approximate surface area is 130 Å². The van der Waals surface area contributed by atoms with Crippen molar-refractivity contribution < 1.29 is 4.79 Å². The number of anilines is 1. The van der Waals surface area contributed by atoms with Crippen LogP contribution in [0.3, 0.4) is 0 Å². The molecular formula is C16H23N3OS. The number of rotatable bonds is 5. The van der Waals surface area contributed by atoms with Gasteiger partial charge in [0.1, 0.15) is 0 Å². The third kappa shape index (κ3) is 4.00. The van der Waals surface area contributed by atoms with Crippen molar-refractivity contribution in [3.63, 3.8) is 0 Å². The summed E-state index contributed by atoms with van der Waals surface area (Å²) in [6, 6.07) is 6.22. The van der Waals surface area contributed by atoms with Gasteiger partial charge in [-0.05, 0) is 30.9 Å². The average molecular weight is 305 g/mol. The van der Waals surface area contributed by atoms with Gasteiger partial charge in [0.25, 0.3) is 0 Å². The molecule has 2 N–H and O–H groups in total. The zero-order valence-corrected chi connectivity index (χ0v) is 13.7. The monoisotopic (exact) mass is 305 g/mol. The van der Waals surface area contributed by atoms with Crippen LogP contribution in [0.1, 0.15) is 31.9 Å². The van der Waals surface area contributed by atoms with Gasteiger partial charge in [0.05, 0.1) is 11.8 Å². The Kier molecular flexibility index (Phi) is 5.67. The van der Waals surface area contributed by atoms with Crippen molar-refractivity contribution >= 4 is 28.5 Å². The number of aliphatic imine (C=N–C) groups is 1. The zero-order valence-electron chi connectivity index (χ0n) is 12.9. The molecule has 0 radical (unpaired) electrons. The maximum Gasteiger partial charge on any atom is 0.237 e. The van der Waals surface area contributed by atoms with Crippen molar-refractivity contribution in [2.45, 2.75) is 38.9 Å². The van der Waals surface area contributed by atoms with Crippen LogP contribution >= 0.6 is 11.8 Å². The van der Waals surface area contributed by atoms with Gasteiger partial charge in [-0.3, -0.25) is 9.79 Å². The molecule has 1 aliphatic heterocycles. The average Bonchev–Trinajstić information content (AvgIpc) is 3.00. The lowest BCUT2D eigenvalue weighted by Crippen LogP contribution is -2.27. The molecule has 0 aromatic heterocycles. The van der Waals surface area contributed by atoms with Gasteiger partial charge >= 0.3 is 0 Å². The highest BCUT2D eigenvalue weighted by Gasteiger charge is 2.19. The van der Waals surface area contributed by atoms with Gasteiger partial charge in [0.2, 0.25) is 5.91 Å². The molecule has 1 aromatic rings. The molecule has 0 saturated heterocycles. The molecule has 0 spiro atoms. The van der Waals surface area contributed by atoms with Crippen molar-refractivity contribution in [1.29, 1.82) is 0 Å². The largest absolute Gasteiger partial charge is 0.363 e. The first-order valence-corrected chi connectivity index (χ1v) is 8.40. The summed E-state index contributed by atoms with van der Waals surface area (Å²) in [5.74, 6) is 0.0343. The van der Waals surface area contributed by atoms with Crippen LogP contribution in [0, 0.1) is 0 Å². The van der Waals surface area contributed by atoms with Crippen LogP contribution in [0.25, 0.3) is 0 Å². The molecule has 21 heavy (non-hydrogen) atoms. The summed E-state index contributed by atoms with van der Waals surface area (Å²) in [6.45, 7) is 7.81. The number of nitrogens with zero attached hydrogens (tertiary/aromatic N) is 1. The molecule has 0 unspecified atom stereocenters. The van der Waals surface area contributed by atoms with Crippen LogP contribution in [0.15, 0.2) is 23.2 Å². The van der Waals surface area contributed by atoms with Gasteiger partial charge in [0.15, 0.2) is 5.17 Å². The van der Waals surface area contributed by atoms with E-state index in [4.69, 9.17) is 0 Å². The van der Waals surface area contributed by atoms with E-state index in [0.717, 1.165) is 36.8 Å². The minimum Gasteiger partial charge on any atom is -0.363 e. The van der Waals surface area contributed by atoms with E-state index in [2.05, 4.69) is 47.7 Å². The number of hydrogen-bond donors (Lipinski definition) is 2. The number of aryl methyl sites for hydroxylation is 2. The van der Waals surface area contributed by atoms with E-state index in [1.807, 2.05) is 6.92 Å². The number of para-hydroxylation sites is 1. The highest BCUT2D eigenvalue weighted by Crippen LogP contribution is 2.24. The minimum absolute atomic E-state index is 0.0343. The summed E-state index contributed by atoms with van der Waals surface area (Å²) < 4.78 is 0.